The lowest BCUT2D eigenvalue weighted by Crippen LogP contribution is -2.43. The fraction of sp³-hybridized carbons (Fsp3) is 0.647. The fourth-order valence-corrected chi connectivity index (χ4v) is 4.13. The van der Waals surface area contributed by atoms with E-state index in [1.807, 2.05) is 13.1 Å². The maximum atomic E-state index is 6.24. The van der Waals surface area contributed by atoms with Gasteiger partial charge in [0.2, 0.25) is 0 Å². The first-order valence-corrected chi connectivity index (χ1v) is 8.16. The standard InChI is InChI=1S/C17H24ClNO2/c1-12-7-14(9-15(18)8-12)16(19-2)13-3-5-21-17(10-13)4-6-20-11-17/h7-9,13,16,19H,3-6,10-11H2,1-2H3. The molecular formula is C17H24ClNO2. The highest BCUT2D eigenvalue weighted by atomic mass is 35.5. The average molecular weight is 310 g/mol. The van der Waals surface area contributed by atoms with E-state index in [1.165, 1.54) is 11.1 Å². The van der Waals surface area contributed by atoms with Crippen molar-refractivity contribution in [1.29, 1.82) is 0 Å². The lowest BCUT2D eigenvalue weighted by Gasteiger charge is -2.40. The number of hydrogen-bond donors (Lipinski definition) is 1. The number of aryl methyl sites for hydroxylation is 1. The first-order chi connectivity index (χ1) is 10.1. The first-order valence-electron chi connectivity index (χ1n) is 7.78. The summed E-state index contributed by atoms with van der Waals surface area (Å²) in [6.07, 6.45) is 3.16. The molecule has 0 bridgehead atoms. The molecule has 1 N–H and O–H groups in total. The zero-order valence-corrected chi connectivity index (χ0v) is 13.6. The zero-order valence-electron chi connectivity index (χ0n) is 12.8. The molecule has 2 fully saturated rings. The molecule has 3 nitrogen and oxygen atoms in total. The molecule has 3 atom stereocenters. The van der Waals surface area contributed by atoms with Crippen molar-refractivity contribution in [2.45, 2.75) is 37.8 Å². The van der Waals surface area contributed by atoms with Gasteiger partial charge >= 0.3 is 0 Å². The lowest BCUT2D eigenvalue weighted by molar-refractivity contribution is -0.103. The van der Waals surface area contributed by atoms with Gasteiger partial charge in [0.1, 0.15) is 0 Å². The number of nitrogens with one attached hydrogen (secondary N) is 1. The Labute approximate surface area is 132 Å². The Hall–Kier alpha value is -0.610. The smallest absolute Gasteiger partial charge is 0.0940 e. The summed E-state index contributed by atoms with van der Waals surface area (Å²) in [7, 11) is 2.04. The quantitative estimate of drug-likeness (QED) is 0.927. The Kier molecular flexibility index (Phi) is 4.55. The van der Waals surface area contributed by atoms with Gasteiger partial charge in [-0.1, -0.05) is 17.7 Å². The molecule has 116 valence electrons. The number of hydrogen-bond acceptors (Lipinski definition) is 3. The van der Waals surface area contributed by atoms with Crippen LogP contribution in [-0.2, 0) is 9.47 Å². The van der Waals surface area contributed by atoms with Crippen molar-refractivity contribution in [1.82, 2.24) is 5.32 Å². The summed E-state index contributed by atoms with van der Waals surface area (Å²) < 4.78 is 11.6. The molecule has 3 rings (SSSR count). The van der Waals surface area contributed by atoms with Gasteiger partial charge < -0.3 is 14.8 Å². The molecular weight excluding hydrogens is 286 g/mol. The van der Waals surface area contributed by atoms with Gasteiger partial charge in [-0.05, 0) is 56.0 Å². The lowest BCUT2D eigenvalue weighted by atomic mass is 9.79. The van der Waals surface area contributed by atoms with Crippen molar-refractivity contribution in [3.63, 3.8) is 0 Å². The van der Waals surface area contributed by atoms with Crippen LogP contribution in [0.25, 0.3) is 0 Å². The molecule has 0 amide bonds. The monoisotopic (exact) mass is 309 g/mol. The highest BCUT2D eigenvalue weighted by Gasteiger charge is 2.43. The van der Waals surface area contributed by atoms with Crippen molar-refractivity contribution in [3.05, 3.63) is 34.3 Å². The maximum Gasteiger partial charge on any atom is 0.0940 e. The highest BCUT2D eigenvalue weighted by Crippen LogP contribution is 2.41. The average Bonchev–Trinajstić information content (AvgIpc) is 2.86. The van der Waals surface area contributed by atoms with Gasteiger partial charge in [-0.25, -0.2) is 0 Å². The Morgan fingerprint density at radius 1 is 1.33 bits per heavy atom. The molecule has 1 spiro atoms. The second kappa shape index (κ2) is 6.25. The van der Waals surface area contributed by atoms with Crippen LogP contribution in [0.4, 0.5) is 0 Å². The first kappa shape index (κ1) is 15.3. The van der Waals surface area contributed by atoms with Crippen LogP contribution < -0.4 is 5.32 Å². The van der Waals surface area contributed by atoms with Crippen LogP contribution in [0.1, 0.15) is 36.4 Å². The number of halogens is 1. The third-order valence-electron chi connectivity index (χ3n) is 4.80. The highest BCUT2D eigenvalue weighted by molar-refractivity contribution is 6.30. The fourth-order valence-electron chi connectivity index (χ4n) is 3.83. The van der Waals surface area contributed by atoms with Crippen LogP contribution >= 0.6 is 11.6 Å². The molecule has 0 aliphatic carbocycles. The number of rotatable bonds is 3. The Bertz CT molecular complexity index is 479. The molecule has 2 aliphatic heterocycles. The minimum atomic E-state index is -0.0500. The summed E-state index contributed by atoms with van der Waals surface area (Å²) in [4.78, 5) is 0. The summed E-state index contributed by atoms with van der Waals surface area (Å²) in [5.41, 5.74) is 2.44. The molecule has 4 heteroatoms. The largest absolute Gasteiger partial charge is 0.378 e. The molecule has 0 aromatic heterocycles. The Morgan fingerprint density at radius 2 is 2.19 bits per heavy atom. The van der Waals surface area contributed by atoms with Gasteiger partial charge in [0.25, 0.3) is 0 Å². The van der Waals surface area contributed by atoms with Gasteiger partial charge in [0, 0.05) is 30.7 Å². The van der Waals surface area contributed by atoms with E-state index in [0.29, 0.717) is 12.0 Å². The van der Waals surface area contributed by atoms with Crippen molar-refractivity contribution in [2.24, 2.45) is 5.92 Å². The molecule has 2 aliphatic rings. The zero-order chi connectivity index (χ0) is 14.9. The molecule has 2 heterocycles. The van der Waals surface area contributed by atoms with E-state index in [4.69, 9.17) is 21.1 Å². The molecule has 2 saturated heterocycles. The number of benzene rings is 1. The number of ether oxygens (including phenoxy) is 2. The van der Waals surface area contributed by atoms with Crippen LogP contribution in [0.2, 0.25) is 5.02 Å². The minimum absolute atomic E-state index is 0.0500. The predicted octanol–water partition coefficient (Wildman–Crippen LogP) is 3.49. The molecule has 21 heavy (non-hydrogen) atoms. The normalized spacial score (nSPS) is 30.7. The summed E-state index contributed by atoms with van der Waals surface area (Å²) in [6, 6.07) is 6.65. The van der Waals surface area contributed by atoms with Crippen LogP contribution in [0.5, 0.6) is 0 Å². The Balaban J connectivity index is 1.82. The predicted molar refractivity (Wildman–Crippen MR) is 84.8 cm³/mol. The molecule has 0 radical (unpaired) electrons. The van der Waals surface area contributed by atoms with E-state index in [0.717, 1.165) is 44.1 Å². The summed E-state index contributed by atoms with van der Waals surface area (Å²) in [5.74, 6) is 0.559. The van der Waals surface area contributed by atoms with E-state index in [9.17, 15) is 0 Å². The van der Waals surface area contributed by atoms with E-state index in [2.05, 4.69) is 24.4 Å². The van der Waals surface area contributed by atoms with Crippen molar-refractivity contribution in [3.8, 4) is 0 Å². The van der Waals surface area contributed by atoms with E-state index in [-0.39, 0.29) is 5.60 Å². The summed E-state index contributed by atoms with van der Waals surface area (Å²) >= 11 is 6.24. The van der Waals surface area contributed by atoms with Gasteiger partial charge in [0.15, 0.2) is 0 Å². The third kappa shape index (κ3) is 3.26. The van der Waals surface area contributed by atoms with Crippen molar-refractivity contribution < 1.29 is 9.47 Å². The molecule has 1 aromatic carbocycles. The molecule has 3 unspecified atom stereocenters. The SMILES string of the molecule is CNC(c1cc(C)cc(Cl)c1)C1CCOC2(CCOC2)C1. The van der Waals surface area contributed by atoms with Crippen molar-refractivity contribution in [2.75, 3.05) is 26.9 Å². The van der Waals surface area contributed by atoms with Gasteiger partial charge in [-0.3, -0.25) is 0 Å². The van der Waals surface area contributed by atoms with Crippen molar-refractivity contribution >= 4 is 11.6 Å². The van der Waals surface area contributed by atoms with E-state index in [1.54, 1.807) is 0 Å². The second-order valence-electron chi connectivity index (χ2n) is 6.42. The van der Waals surface area contributed by atoms with Crippen LogP contribution in [-0.4, -0.2) is 32.5 Å². The topological polar surface area (TPSA) is 30.5 Å². The second-order valence-corrected chi connectivity index (χ2v) is 6.85. The van der Waals surface area contributed by atoms with Crippen LogP contribution in [0.3, 0.4) is 0 Å². The van der Waals surface area contributed by atoms with Crippen LogP contribution in [0, 0.1) is 12.8 Å². The minimum Gasteiger partial charge on any atom is -0.378 e. The molecule has 0 saturated carbocycles. The summed E-state index contributed by atoms with van der Waals surface area (Å²) in [5, 5.41) is 4.31. The third-order valence-corrected chi connectivity index (χ3v) is 5.02. The van der Waals surface area contributed by atoms with Gasteiger partial charge in [0.05, 0.1) is 12.2 Å². The van der Waals surface area contributed by atoms with E-state index < -0.39 is 0 Å². The Morgan fingerprint density at radius 3 is 2.86 bits per heavy atom. The van der Waals surface area contributed by atoms with Gasteiger partial charge in [-0.2, -0.15) is 0 Å². The molecule has 1 aromatic rings. The van der Waals surface area contributed by atoms with Crippen LogP contribution in [0.15, 0.2) is 18.2 Å². The van der Waals surface area contributed by atoms with Gasteiger partial charge in [-0.15, -0.1) is 0 Å². The summed E-state index contributed by atoms with van der Waals surface area (Å²) in [6.45, 7) is 4.49. The maximum absolute atomic E-state index is 6.24. The van der Waals surface area contributed by atoms with E-state index >= 15 is 0 Å².